The molecule has 0 aromatic carbocycles. The second-order valence-electron chi connectivity index (χ2n) is 5.32. The van der Waals surface area contributed by atoms with E-state index in [2.05, 4.69) is 4.74 Å². The molecular weight excluding hydrogens is 344 g/mol. The molecule has 0 saturated carbocycles. The van der Waals surface area contributed by atoms with Crippen LogP contribution in [0.4, 0.5) is 35.1 Å². The van der Waals surface area contributed by atoms with Gasteiger partial charge in [-0.2, -0.15) is 26.3 Å². The van der Waals surface area contributed by atoms with Crippen molar-refractivity contribution in [1.29, 1.82) is 0 Å². The van der Waals surface area contributed by atoms with E-state index in [1.165, 1.54) is 7.11 Å². The summed E-state index contributed by atoms with van der Waals surface area (Å²) in [4.78, 5) is 0. The highest BCUT2D eigenvalue weighted by molar-refractivity contribution is 6.71. The smallest absolute Gasteiger partial charge is 0.380 e. The van der Waals surface area contributed by atoms with Crippen molar-refractivity contribution in [3.63, 3.8) is 0 Å². The Labute approximate surface area is 123 Å². The van der Waals surface area contributed by atoms with Crippen LogP contribution in [0.3, 0.4) is 0 Å². The van der Waals surface area contributed by atoms with E-state index < -0.39 is 45.7 Å². The lowest BCUT2D eigenvalue weighted by atomic mass is 10.1. The van der Waals surface area contributed by atoms with Crippen LogP contribution in [-0.4, -0.2) is 52.8 Å². The third-order valence-corrected chi connectivity index (χ3v) is 5.72. The number of rotatable bonds is 10. The van der Waals surface area contributed by atoms with Crippen LogP contribution in [-0.2, 0) is 9.16 Å². The van der Waals surface area contributed by atoms with Gasteiger partial charge in [-0.3, -0.25) is 0 Å². The number of ether oxygens (including phenoxy) is 1. The van der Waals surface area contributed by atoms with Crippen LogP contribution in [0, 0.1) is 0 Å². The predicted molar refractivity (Wildman–Crippen MR) is 65.6 cm³/mol. The number of hydrogen-bond acceptors (Lipinski definition) is 2. The van der Waals surface area contributed by atoms with Crippen LogP contribution in [0.1, 0.15) is 6.42 Å². The van der Waals surface area contributed by atoms with Crippen molar-refractivity contribution in [3.8, 4) is 0 Å². The molecule has 0 aromatic rings. The Hall–Kier alpha value is -0.423. The maximum atomic E-state index is 13.1. The molecule has 0 aromatic heterocycles. The lowest BCUT2D eigenvalue weighted by Crippen LogP contribution is -2.59. The summed E-state index contributed by atoms with van der Waals surface area (Å²) in [6.45, 7) is 1.17. The predicted octanol–water partition coefficient (Wildman–Crippen LogP) is 4.42. The molecule has 0 aliphatic rings. The highest BCUT2D eigenvalue weighted by atomic mass is 28.4. The average Bonchev–Trinajstić information content (AvgIpc) is 2.37. The van der Waals surface area contributed by atoms with Crippen molar-refractivity contribution >= 4 is 8.32 Å². The largest absolute Gasteiger partial charge is 0.420 e. The topological polar surface area (TPSA) is 18.5 Å². The zero-order chi connectivity index (χ0) is 17.8. The van der Waals surface area contributed by atoms with Gasteiger partial charge in [0.05, 0.1) is 0 Å². The SMILES string of the molecule is CO[Si](C)(C)CCCOCC(F)(F)C(F)(F)C(F)(F)C(F)F. The summed E-state index contributed by atoms with van der Waals surface area (Å²) in [5.41, 5.74) is 0. The molecule has 0 atom stereocenters. The third-order valence-electron chi connectivity index (χ3n) is 3.06. The lowest BCUT2D eigenvalue weighted by molar-refractivity contribution is -0.345. The molecule has 0 aliphatic heterocycles. The van der Waals surface area contributed by atoms with Gasteiger partial charge < -0.3 is 9.16 Å². The molecule has 0 unspecified atom stereocenters. The van der Waals surface area contributed by atoms with E-state index in [1.54, 1.807) is 0 Å². The molecular formula is C11H18F8O2Si. The molecule has 0 aliphatic carbocycles. The maximum absolute atomic E-state index is 13.1. The quantitative estimate of drug-likeness (QED) is 0.325. The molecule has 11 heteroatoms. The molecule has 0 N–H and O–H groups in total. The zero-order valence-electron chi connectivity index (χ0n) is 12.2. The fourth-order valence-electron chi connectivity index (χ4n) is 1.37. The molecule has 0 rings (SSSR count). The van der Waals surface area contributed by atoms with Crippen molar-refractivity contribution in [1.82, 2.24) is 0 Å². The van der Waals surface area contributed by atoms with E-state index >= 15 is 0 Å². The molecule has 0 heterocycles. The molecule has 0 radical (unpaired) electrons. The first kappa shape index (κ1) is 21.6. The molecule has 2 nitrogen and oxygen atoms in total. The molecule has 0 fully saturated rings. The summed E-state index contributed by atoms with van der Waals surface area (Å²) < 4.78 is 110. The summed E-state index contributed by atoms with van der Waals surface area (Å²) in [6, 6.07) is 0.471. The van der Waals surface area contributed by atoms with E-state index in [0.717, 1.165) is 0 Å². The summed E-state index contributed by atoms with van der Waals surface area (Å²) in [5, 5.41) is 0. The van der Waals surface area contributed by atoms with E-state index in [-0.39, 0.29) is 6.42 Å². The summed E-state index contributed by atoms with van der Waals surface area (Å²) in [5.74, 6) is -17.8. The van der Waals surface area contributed by atoms with Gasteiger partial charge in [0.25, 0.3) is 0 Å². The first-order valence-corrected chi connectivity index (χ1v) is 9.37. The van der Waals surface area contributed by atoms with Crippen molar-refractivity contribution in [2.45, 2.75) is 49.8 Å². The van der Waals surface area contributed by atoms with Crippen molar-refractivity contribution < 1.29 is 44.3 Å². The second-order valence-corrected chi connectivity index (χ2v) is 9.75. The standard InChI is InChI=1S/C11H18F8O2Si/c1-20-22(2,3)6-4-5-21-7-9(14,15)11(18,19)10(16,17)8(12)13/h8H,4-7H2,1-3H3. The number of halogens is 8. The van der Waals surface area contributed by atoms with Gasteiger partial charge >= 0.3 is 24.2 Å². The number of alkyl halides is 8. The van der Waals surface area contributed by atoms with E-state index in [1.807, 2.05) is 13.1 Å². The van der Waals surface area contributed by atoms with E-state index in [9.17, 15) is 35.1 Å². The van der Waals surface area contributed by atoms with Gasteiger partial charge in [-0.25, -0.2) is 8.78 Å². The fraction of sp³-hybridized carbons (Fsp3) is 1.00. The first-order chi connectivity index (χ1) is 9.71. The monoisotopic (exact) mass is 362 g/mol. The van der Waals surface area contributed by atoms with Gasteiger partial charge in [-0.1, -0.05) is 0 Å². The molecule has 0 spiro atoms. The Morgan fingerprint density at radius 3 is 1.91 bits per heavy atom. The van der Waals surface area contributed by atoms with Gasteiger partial charge in [0.1, 0.15) is 6.61 Å². The lowest BCUT2D eigenvalue weighted by Gasteiger charge is -2.32. The Morgan fingerprint density at radius 1 is 1.00 bits per heavy atom. The second kappa shape index (κ2) is 7.43. The summed E-state index contributed by atoms with van der Waals surface area (Å²) >= 11 is 0. The normalized spacial score (nSPS) is 14.7. The summed E-state index contributed by atoms with van der Waals surface area (Å²) in [7, 11) is -0.523. The molecule has 134 valence electrons. The Morgan fingerprint density at radius 2 is 1.50 bits per heavy atom. The van der Waals surface area contributed by atoms with E-state index in [4.69, 9.17) is 4.43 Å². The van der Waals surface area contributed by atoms with Gasteiger partial charge in [-0.05, 0) is 25.6 Å². The van der Waals surface area contributed by atoms with Gasteiger partial charge in [0, 0.05) is 13.7 Å². The van der Waals surface area contributed by atoms with Crippen molar-refractivity contribution in [2.24, 2.45) is 0 Å². The Balaban J connectivity index is 4.52. The summed E-state index contributed by atoms with van der Waals surface area (Å²) in [6.07, 6.45) is -4.72. The van der Waals surface area contributed by atoms with Gasteiger partial charge in [0.15, 0.2) is 8.32 Å². The molecule has 22 heavy (non-hydrogen) atoms. The van der Waals surface area contributed by atoms with Gasteiger partial charge in [-0.15, -0.1) is 0 Å². The minimum absolute atomic E-state index is 0.194. The van der Waals surface area contributed by atoms with Gasteiger partial charge in [0.2, 0.25) is 0 Å². The number of hydrogen-bond donors (Lipinski definition) is 0. The van der Waals surface area contributed by atoms with Crippen LogP contribution in [0.2, 0.25) is 19.1 Å². The van der Waals surface area contributed by atoms with Crippen molar-refractivity contribution in [2.75, 3.05) is 20.3 Å². The zero-order valence-corrected chi connectivity index (χ0v) is 13.2. The van der Waals surface area contributed by atoms with E-state index in [0.29, 0.717) is 6.04 Å². The van der Waals surface area contributed by atoms with Crippen LogP contribution in [0.5, 0.6) is 0 Å². The minimum Gasteiger partial charge on any atom is -0.420 e. The Bertz CT molecular complexity index is 349. The maximum Gasteiger partial charge on any atom is 0.380 e. The highest BCUT2D eigenvalue weighted by Crippen LogP contribution is 2.48. The third kappa shape index (κ3) is 5.05. The average molecular weight is 362 g/mol. The first-order valence-electron chi connectivity index (χ1n) is 6.26. The molecule has 0 amide bonds. The fourth-order valence-corrected chi connectivity index (χ4v) is 2.57. The van der Waals surface area contributed by atoms with Crippen LogP contribution >= 0.6 is 0 Å². The van der Waals surface area contributed by atoms with Crippen LogP contribution in [0.15, 0.2) is 0 Å². The highest BCUT2D eigenvalue weighted by Gasteiger charge is 2.75. The van der Waals surface area contributed by atoms with Crippen molar-refractivity contribution in [3.05, 3.63) is 0 Å². The minimum atomic E-state index is -6.21. The van der Waals surface area contributed by atoms with Crippen LogP contribution in [0.25, 0.3) is 0 Å². The molecule has 0 bridgehead atoms. The molecule has 0 saturated heterocycles. The Kier molecular flexibility index (Phi) is 7.29. The van der Waals surface area contributed by atoms with Crippen LogP contribution < -0.4 is 0 Å².